The van der Waals surface area contributed by atoms with Crippen LogP contribution in [-0.2, 0) is 6.54 Å². The van der Waals surface area contributed by atoms with E-state index in [9.17, 15) is 0 Å². The molecule has 1 N–H and O–H groups in total. The summed E-state index contributed by atoms with van der Waals surface area (Å²) in [5.41, 5.74) is 2.64. The Bertz CT molecular complexity index is 405. The van der Waals surface area contributed by atoms with Gasteiger partial charge in [-0.2, -0.15) is 0 Å². The summed E-state index contributed by atoms with van der Waals surface area (Å²) >= 11 is 6.15. The van der Waals surface area contributed by atoms with E-state index in [2.05, 4.69) is 36.2 Å². The molecular formula is C15H23ClN2. The van der Waals surface area contributed by atoms with Gasteiger partial charge < -0.3 is 10.2 Å². The zero-order valence-electron chi connectivity index (χ0n) is 11.5. The number of anilines is 1. The van der Waals surface area contributed by atoms with Crippen molar-refractivity contribution < 1.29 is 0 Å². The molecule has 0 spiro atoms. The van der Waals surface area contributed by atoms with E-state index in [1.807, 2.05) is 13.1 Å². The second-order valence-corrected chi connectivity index (χ2v) is 5.93. The molecule has 100 valence electrons. The molecule has 0 radical (unpaired) electrons. The van der Waals surface area contributed by atoms with E-state index in [1.165, 1.54) is 17.7 Å². The highest BCUT2D eigenvalue weighted by Crippen LogP contribution is 2.31. The normalized spacial score (nSPS) is 24.3. The molecule has 0 aliphatic carbocycles. The van der Waals surface area contributed by atoms with Gasteiger partial charge in [0, 0.05) is 30.3 Å². The SMILES string of the molecule is CNCc1ccc(Cl)cc1N1CCC(C)C(C)C1. The molecule has 1 aliphatic heterocycles. The Kier molecular flexibility index (Phi) is 4.52. The molecule has 1 saturated heterocycles. The van der Waals surface area contributed by atoms with Crippen molar-refractivity contribution in [2.75, 3.05) is 25.0 Å². The van der Waals surface area contributed by atoms with Crippen molar-refractivity contribution in [3.05, 3.63) is 28.8 Å². The number of piperidine rings is 1. The van der Waals surface area contributed by atoms with Crippen molar-refractivity contribution in [1.82, 2.24) is 5.32 Å². The quantitative estimate of drug-likeness (QED) is 0.900. The lowest BCUT2D eigenvalue weighted by atomic mass is 9.88. The molecule has 1 heterocycles. The maximum atomic E-state index is 6.15. The van der Waals surface area contributed by atoms with Crippen LogP contribution in [0.2, 0.25) is 5.02 Å². The number of benzene rings is 1. The summed E-state index contributed by atoms with van der Waals surface area (Å²) in [6.07, 6.45) is 1.27. The first-order valence-electron chi connectivity index (χ1n) is 6.79. The average Bonchev–Trinajstić information content (AvgIpc) is 2.35. The Balaban J connectivity index is 2.23. The van der Waals surface area contributed by atoms with Crippen LogP contribution < -0.4 is 10.2 Å². The highest BCUT2D eigenvalue weighted by Gasteiger charge is 2.24. The lowest BCUT2D eigenvalue weighted by Crippen LogP contribution is -2.39. The predicted octanol–water partition coefficient (Wildman–Crippen LogP) is 3.54. The Morgan fingerprint density at radius 3 is 2.78 bits per heavy atom. The molecule has 1 aromatic carbocycles. The minimum atomic E-state index is 0.750. The van der Waals surface area contributed by atoms with E-state index >= 15 is 0 Å². The molecule has 2 nitrogen and oxygen atoms in total. The van der Waals surface area contributed by atoms with Crippen molar-refractivity contribution in [2.45, 2.75) is 26.8 Å². The van der Waals surface area contributed by atoms with E-state index in [1.54, 1.807) is 0 Å². The van der Waals surface area contributed by atoms with Gasteiger partial charge in [-0.1, -0.05) is 31.5 Å². The maximum absolute atomic E-state index is 6.15. The van der Waals surface area contributed by atoms with Gasteiger partial charge in [-0.15, -0.1) is 0 Å². The summed E-state index contributed by atoms with van der Waals surface area (Å²) < 4.78 is 0. The number of hydrogen-bond donors (Lipinski definition) is 1. The lowest BCUT2D eigenvalue weighted by molar-refractivity contribution is 0.323. The highest BCUT2D eigenvalue weighted by atomic mass is 35.5. The van der Waals surface area contributed by atoms with Gasteiger partial charge in [0.05, 0.1) is 0 Å². The van der Waals surface area contributed by atoms with Crippen LogP contribution in [-0.4, -0.2) is 20.1 Å². The molecule has 2 unspecified atom stereocenters. The van der Waals surface area contributed by atoms with Crippen molar-refractivity contribution >= 4 is 17.3 Å². The Morgan fingerprint density at radius 1 is 1.33 bits per heavy atom. The van der Waals surface area contributed by atoms with Crippen LogP contribution >= 0.6 is 11.6 Å². The van der Waals surface area contributed by atoms with Gasteiger partial charge in [0.15, 0.2) is 0 Å². The fourth-order valence-corrected chi connectivity index (χ4v) is 2.82. The molecule has 1 aliphatic rings. The second kappa shape index (κ2) is 5.94. The molecule has 3 heteroatoms. The summed E-state index contributed by atoms with van der Waals surface area (Å²) in [5.74, 6) is 1.58. The molecule has 1 fully saturated rings. The van der Waals surface area contributed by atoms with E-state index < -0.39 is 0 Å². The smallest absolute Gasteiger partial charge is 0.0426 e. The standard InChI is InChI=1S/C15H23ClN2/c1-11-6-7-18(10-12(11)2)15-8-14(16)5-4-13(15)9-17-3/h4-5,8,11-12,17H,6-7,9-10H2,1-3H3. The first-order chi connectivity index (χ1) is 8.61. The average molecular weight is 267 g/mol. The molecule has 2 rings (SSSR count). The van der Waals surface area contributed by atoms with Crippen molar-refractivity contribution in [1.29, 1.82) is 0 Å². The minimum Gasteiger partial charge on any atom is -0.371 e. The van der Waals surface area contributed by atoms with E-state index in [0.717, 1.165) is 36.5 Å². The van der Waals surface area contributed by atoms with Crippen LogP contribution in [0.1, 0.15) is 25.8 Å². The summed E-state index contributed by atoms with van der Waals surface area (Å²) in [6, 6.07) is 6.22. The first kappa shape index (κ1) is 13.7. The maximum Gasteiger partial charge on any atom is 0.0426 e. The van der Waals surface area contributed by atoms with Crippen molar-refractivity contribution in [2.24, 2.45) is 11.8 Å². The van der Waals surface area contributed by atoms with Gasteiger partial charge in [-0.3, -0.25) is 0 Å². The van der Waals surface area contributed by atoms with Crippen molar-refractivity contribution in [3.8, 4) is 0 Å². The fraction of sp³-hybridized carbons (Fsp3) is 0.600. The first-order valence-corrected chi connectivity index (χ1v) is 7.17. The predicted molar refractivity (Wildman–Crippen MR) is 79.4 cm³/mol. The zero-order valence-corrected chi connectivity index (χ0v) is 12.3. The summed E-state index contributed by atoms with van der Waals surface area (Å²) in [4.78, 5) is 2.49. The van der Waals surface area contributed by atoms with Gasteiger partial charge in [0.1, 0.15) is 0 Å². The highest BCUT2D eigenvalue weighted by molar-refractivity contribution is 6.30. The van der Waals surface area contributed by atoms with Gasteiger partial charge in [0.25, 0.3) is 0 Å². The van der Waals surface area contributed by atoms with Gasteiger partial charge in [-0.25, -0.2) is 0 Å². The lowest BCUT2D eigenvalue weighted by Gasteiger charge is -2.38. The van der Waals surface area contributed by atoms with Crippen LogP contribution in [0, 0.1) is 11.8 Å². The largest absolute Gasteiger partial charge is 0.371 e. The molecule has 1 aromatic rings. The monoisotopic (exact) mass is 266 g/mol. The number of hydrogen-bond acceptors (Lipinski definition) is 2. The Hall–Kier alpha value is -0.730. The van der Waals surface area contributed by atoms with Crippen LogP contribution in [0.5, 0.6) is 0 Å². The minimum absolute atomic E-state index is 0.750. The van der Waals surface area contributed by atoms with Gasteiger partial charge >= 0.3 is 0 Å². The number of halogens is 1. The number of rotatable bonds is 3. The summed E-state index contributed by atoms with van der Waals surface area (Å²) in [5, 5.41) is 4.06. The molecule has 18 heavy (non-hydrogen) atoms. The van der Waals surface area contributed by atoms with Gasteiger partial charge in [-0.05, 0) is 43.0 Å². The van der Waals surface area contributed by atoms with E-state index in [0.29, 0.717) is 0 Å². The molecule has 0 amide bonds. The second-order valence-electron chi connectivity index (χ2n) is 5.49. The van der Waals surface area contributed by atoms with Crippen LogP contribution in [0.25, 0.3) is 0 Å². The number of nitrogens with one attached hydrogen (secondary N) is 1. The molecular weight excluding hydrogens is 244 g/mol. The van der Waals surface area contributed by atoms with E-state index in [4.69, 9.17) is 11.6 Å². The molecule has 0 saturated carbocycles. The third-order valence-corrected chi connectivity index (χ3v) is 4.32. The molecule has 2 atom stereocenters. The van der Waals surface area contributed by atoms with Gasteiger partial charge in [0.2, 0.25) is 0 Å². The van der Waals surface area contributed by atoms with Crippen LogP contribution in [0.3, 0.4) is 0 Å². The molecule has 0 aromatic heterocycles. The zero-order chi connectivity index (χ0) is 13.1. The Labute approximate surface area is 115 Å². The fourth-order valence-electron chi connectivity index (χ4n) is 2.65. The van der Waals surface area contributed by atoms with Crippen LogP contribution in [0.15, 0.2) is 18.2 Å². The van der Waals surface area contributed by atoms with Crippen molar-refractivity contribution in [3.63, 3.8) is 0 Å². The third kappa shape index (κ3) is 2.99. The van der Waals surface area contributed by atoms with E-state index in [-0.39, 0.29) is 0 Å². The summed E-state index contributed by atoms with van der Waals surface area (Å²) in [7, 11) is 1.99. The Morgan fingerprint density at radius 2 is 2.11 bits per heavy atom. The number of nitrogens with zero attached hydrogens (tertiary/aromatic N) is 1. The van der Waals surface area contributed by atoms with Crippen LogP contribution in [0.4, 0.5) is 5.69 Å². The topological polar surface area (TPSA) is 15.3 Å². The third-order valence-electron chi connectivity index (χ3n) is 4.09. The summed E-state index contributed by atoms with van der Waals surface area (Å²) in [6.45, 7) is 7.88. The molecule has 0 bridgehead atoms.